The summed E-state index contributed by atoms with van der Waals surface area (Å²) in [6.07, 6.45) is 2.37. The van der Waals surface area contributed by atoms with Crippen molar-refractivity contribution in [3.05, 3.63) is 35.4 Å². The van der Waals surface area contributed by atoms with Crippen LogP contribution in [0.1, 0.15) is 57.7 Å². The topological polar surface area (TPSA) is 12.0 Å². The molecule has 1 aromatic carbocycles. The lowest BCUT2D eigenvalue weighted by Gasteiger charge is -2.35. The first kappa shape index (κ1) is 14.2. The first-order valence-corrected chi connectivity index (χ1v) is 6.81. The molecule has 1 nitrogen and oxygen atoms in total. The fraction of sp³-hybridized carbons (Fsp3) is 0.625. The molecule has 0 radical (unpaired) electrons. The average molecular weight is 233 g/mol. The molecule has 1 aromatic rings. The van der Waals surface area contributed by atoms with E-state index < -0.39 is 0 Å². The highest BCUT2D eigenvalue weighted by molar-refractivity contribution is 5.30. The van der Waals surface area contributed by atoms with Gasteiger partial charge in [-0.05, 0) is 42.9 Å². The standard InChI is InChI=1S/C16H27N/c1-6-12-17-15(16(4,5)7-2)14-11-9-8-10-13(14)3/h8-11,15,17H,6-7,12H2,1-5H3. The predicted octanol–water partition coefficient (Wildman–Crippen LogP) is 4.47. The SMILES string of the molecule is CCCNC(c1ccccc1C)C(C)(C)CC. The third kappa shape index (κ3) is 3.57. The zero-order valence-corrected chi connectivity index (χ0v) is 12.0. The lowest BCUT2D eigenvalue weighted by Crippen LogP contribution is -2.34. The first-order valence-electron chi connectivity index (χ1n) is 6.81. The molecular formula is C16H27N. The molecular weight excluding hydrogens is 206 g/mol. The van der Waals surface area contributed by atoms with Crippen molar-refractivity contribution in [2.75, 3.05) is 6.54 Å². The number of nitrogens with one attached hydrogen (secondary N) is 1. The maximum Gasteiger partial charge on any atom is 0.0374 e. The van der Waals surface area contributed by atoms with Gasteiger partial charge in [-0.3, -0.25) is 0 Å². The maximum atomic E-state index is 3.72. The van der Waals surface area contributed by atoms with Crippen LogP contribution in [0.2, 0.25) is 0 Å². The molecule has 96 valence electrons. The molecule has 0 saturated carbocycles. The number of rotatable bonds is 6. The van der Waals surface area contributed by atoms with Crippen LogP contribution in [0.5, 0.6) is 0 Å². The zero-order chi connectivity index (χ0) is 12.9. The highest BCUT2D eigenvalue weighted by Crippen LogP contribution is 2.37. The Labute approximate surface area is 107 Å². The van der Waals surface area contributed by atoms with Gasteiger partial charge in [0.15, 0.2) is 0 Å². The van der Waals surface area contributed by atoms with Crippen molar-refractivity contribution in [2.24, 2.45) is 5.41 Å². The maximum absolute atomic E-state index is 3.72. The van der Waals surface area contributed by atoms with E-state index in [0.29, 0.717) is 11.5 Å². The summed E-state index contributed by atoms with van der Waals surface area (Å²) in [5, 5.41) is 3.72. The van der Waals surface area contributed by atoms with Gasteiger partial charge in [-0.15, -0.1) is 0 Å². The van der Waals surface area contributed by atoms with E-state index in [2.05, 4.69) is 64.2 Å². The Morgan fingerprint density at radius 1 is 1.18 bits per heavy atom. The molecule has 0 aliphatic rings. The normalized spacial score (nSPS) is 13.7. The molecule has 0 aliphatic carbocycles. The fourth-order valence-corrected chi connectivity index (χ4v) is 2.21. The van der Waals surface area contributed by atoms with Crippen molar-refractivity contribution in [1.82, 2.24) is 5.32 Å². The van der Waals surface area contributed by atoms with Gasteiger partial charge >= 0.3 is 0 Å². The highest BCUT2D eigenvalue weighted by Gasteiger charge is 2.29. The van der Waals surface area contributed by atoms with Crippen LogP contribution in [-0.2, 0) is 0 Å². The minimum absolute atomic E-state index is 0.293. The number of benzene rings is 1. The van der Waals surface area contributed by atoms with E-state index in [4.69, 9.17) is 0 Å². The van der Waals surface area contributed by atoms with Gasteiger partial charge in [-0.2, -0.15) is 0 Å². The van der Waals surface area contributed by atoms with Gasteiger partial charge in [-0.25, -0.2) is 0 Å². The van der Waals surface area contributed by atoms with Crippen LogP contribution < -0.4 is 5.32 Å². The molecule has 0 amide bonds. The molecule has 1 atom stereocenters. The molecule has 0 spiro atoms. The Balaban J connectivity index is 3.02. The number of hydrogen-bond donors (Lipinski definition) is 1. The minimum Gasteiger partial charge on any atom is -0.309 e. The monoisotopic (exact) mass is 233 g/mol. The summed E-state index contributed by atoms with van der Waals surface area (Å²) in [6, 6.07) is 9.19. The molecule has 0 aromatic heterocycles. The third-order valence-electron chi connectivity index (χ3n) is 3.79. The summed E-state index contributed by atoms with van der Waals surface area (Å²) >= 11 is 0. The van der Waals surface area contributed by atoms with Gasteiger partial charge in [0, 0.05) is 6.04 Å². The Morgan fingerprint density at radius 3 is 2.35 bits per heavy atom. The average Bonchev–Trinajstić information content (AvgIpc) is 2.31. The smallest absolute Gasteiger partial charge is 0.0374 e. The molecule has 0 aliphatic heterocycles. The first-order chi connectivity index (χ1) is 8.03. The van der Waals surface area contributed by atoms with Crippen molar-refractivity contribution in [3.63, 3.8) is 0 Å². The second kappa shape index (κ2) is 6.20. The molecule has 1 N–H and O–H groups in total. The summed E-state index contributed by atoms with van der Waals surface area (Å²) in [5.74, 6) is 0. The van der Waals surface area contributed by atoms with Gasteiger partial charge in [0.2, 0.25) is 0 Å². The van der Waals surface area contributed by atoms with E-state index >= 15 is 0 Å². The molecule has 17 heavy (non-hydrogen) atoms. The lowest BCUT2D eigenvalue weighted by molar-refractivity contribution is 0.234. The van der Waals surface area contributed by atoms with Crippen molar-refractivity contribution in [2.45, 2.75) is 53.5 Å². The van der Waals surface area contributed by atoms with Crippen LogP contribution in [-0.4, -0.2) is 6.54 Å². The Bertz CT molecular complexity index is 341. The van der Waals surface area contributed by atoms with E-state index in [1.807, 2.05) is 0 Å². The summed E-state index contributed by atoms with van der Waals surface area (Å²) in [6.45, 7) is 12.5. The van der Waals surface area contributed by atoms with Crippen molar-refractivity contribution in [3.8, 4) is 0 Å². The van der Waals surface area contributed by atoms with Crippen molar-refractivity contribution in [1.29, 1.82) is 0 Å². The van der Waals surface area contributed by atoms with E-state index in [-0.39, 0.29) is 0 Å². The van der Waals surface area contributed by atoms with E-state index in [0.717, 1.165) is 6.54 Å². The predicted molar refractivity (Wildman–Crippen MR) is 76.3 cm³/mol. The van der Waals surface area contributed by atoms with Crippen LogP contribution in [0.25, 0.3) is 0 Å². The summed E-state index contributed by atoms with van der Waals surface area (Å²) in [7, 11) is 0. The number of aryl methyl sites for hydroxylation is 1. The van der Waals surface area contributed by atoms with Crippen LogP contribution in [0, 0.1) is 12.3 Å². The summed E-state index contributed by atoms with van der Waals surface area (Å²) in [4.78, 5) is 0. The molecule has 1 unspecified atom stereocenters. The van der Waals surface area contributed by atoms with Crippen LogP contribution in [0.3, 0.4) is 0 Å². The quantitative estimate of drug-likeness (QED) is 0.764. The lowest BCUT2D eigenvalue weighted by atomic mass is 9.77. The van der Waals surface area contributed by atoms with Gasteiger partial charge in [0.05, 0.1) is 0 Å². The van der Waals surface area contributed by atoms with Gasteiger partial charge in [0.25, 0.3) is 0 Å². The molecule has 0 fully saturated rings. The Kier molecular flexibility index (Phi) is 5.20. The van der Waals surface area contributed by atoms with E-state index in [1.54, 1.807) is 0 Å². The van der Waals surface area contributed by atoms with E-state index in [1.165, 1.54) is 24.0 Å². The molecule has 0 bridgehead atoms. The van der Waals surface area contributed by atoms with Gasteiger partial charge < -0.3 is 5.32 Å². The van der Waals surface area contributed by atoms with E-state index in [9.17, 15) is 0 Å². The molecule has 1 rings (SSSR count). The molecule has 1 heteroatoms. The third-order valence-corrected chi connectivity index (χ3v) is 3.79. The van der Waals surface area contributed by atoms with Crippen LogP contribution >= 0.6 is 0 Å². The zero-order valence-electron chi connectivity index (χ0n) is 12.0. The summed E-state index contributed by atoms with van der Waals surface area (Å²) < 4.78 is 0. The number of hydrogen-bond acceptors (Lipinski definition) is 1. The second-order valence-corrected chi connectivity index (χ2v) is 5.59. The highest BCUT2D eigenvalue weighted by atomic mass is 14.9. The molecule has 0 saturated heterocycles. The largest absolute Gasteiger partial charge is 0.309 e. The van der Waals surface area contributed by atoms with Crippen molar-refractivity contribution < 1.29 is 0 Å². The van der Waals surface area contributed by atoms with Gasteiger partial charge in [0.1, 0.15) is 0 Å². The Hall–Kier alpha value is -0.820. The second-order valence-electron chi connectivity index (χ2n) is 5.59. The fourth-order valence-electron chi connectivity index (χ4n) is 2.21. The van der Waals surface area contributed by atoms with Crippen LogP contribution in [0.15, 0.2) is 24.3 Å². The Morgan fingerprint density at radius 2 is 1.82 bits per heavy atom. The van der Waals surface area contributed by atoms with Crippen LogP contribution in [0.4, 0.5) is 0 Å². The molecule has 0 heterocycles. The summed E-state index contributed by atoms with van der Waals surface area (Å²) in [5.41, 5.74) is 3.14. The van der Waals surface area contributed by atoms with Gasteiger partial charge in [-0.1, -0.05) is 52.0 Å². The minimum atomic E-state index is 0.293. The van der Waals surface area contributed by atoms with Crippen molar-refractivity contribution >= 4 is 0 Å².